The maximum absolute atomic E-state index is 13.4. The minimum atomic E-state index is -3.02. The monoisotopic (exact) mass is 295 g/mol. The summed E-state index contributed by atoms with van der Waals surface area (Å²) < 4.78 is 49.2. The van der Waals surface area contributed by atoms with Crippen molar-refractivity contribution in [3.8, 4) is 0 Å². The first-order chi connectivity index (χ1) is 8.35. The molecule has 2 N–H and O–H groups in total. The van der Waals surface area contributed by atoms with Gasteiger partial charge in [0.15, 0.2) is 0 Å². The Balaban J connectivity index is 2.55. The Morgan fingerprint density at radius 3 is 2.33 bits per heavy atom. The zero-order chi connectivity index (χ0) is 13.8. The van der Waals surface area contributed by atoms with E-state index in [1.807, 2.05) is 0 Å². The van der Waals surface area contributed by atoms with E-state index in [0.29, 0.717) is 12.2 Å². The first-order valence-corrected chi connectivity index (χ1v) is 8.24. The largest absolute Gasteiger partial charge is 0.399 e. The summed E-state index contributed by atoms with van der Waals surface area (Å²) in [6, 6.07) is 2.10. The molecule has 1 rings (SSSR count). The van der Waals surface area contributed by atoms with Gasteiger partial charge in [0.1, 0.15) is 21.5 Å². The van der Waals surface area contributed by atoms with E-state index in [0.717, 1.165) is 23.9 Å². The maximum atomic E-state index is 13.4. The molecule has 0 saturated heterocycles. The van der Waals surface area contributed by atoms with Gasteiger partial charge in [0.05, 0.1) is 10.6 Å². The molecule has 0 radical (unpaired) electrons. The Morgan fingerprint density at radius 1 is 1.28 bits per heavy atom. The molecule has 0 aliphatic carbocycles. The summed E-state index contributed by atoms with van der Waals surface area (Å²) in [6.45, 7) is 1.57. The number of nitrogen functional groups attached to an aromatic ring is 1. The lowest BCUT2D eigenvalue weighted by atomic mass is 10.3. The second-order valence-electron chi connectivity index (χ2n) is 3.75. The molecule has 3 nitrogen and oxygen atoms in total. The van der Waals surface area contributed by atoms with Crippen molar-refractivity contribution in [2.75, 3.05) is 23.0 Å². The molecule has 1 aromatic rings. The molecule has 18 heavy (non-hydrogen) atoms. The quantitative estimate of drug-likeness (QED) is 0.497. The summed E-state index contributed by atoms with van der Waals surface area (Å²) in [7, 11) is -3.02. The van der Waals surface area contributed by atoms with Gasteiger partial charge >= 0.3 is 0 Å². The number of thioether (sulfide) groups is 1. The van der Waals surface area contributed by atoms with Crippen molar-refractivity contribution >= 4 is 27.3 Å². The summed E-state index contributed by atoms with van der Waals surface area (Å²) in [5.41, 5.74) is 5.32. The number of sulfone groups is 1. The minimum absolute atomic E-state index is 0.0305. The second-order valence-corrected chi connectivity index (χ2v) is 7.33. The average Bonchev–Trinajstić information content (AvgIpc) is 2.26. The molecule has 0 heterocycles. The van der Waals surface area contributed by atoms with Crippen molar-refractivity contribution in [2.24, 2.45) is 0 Å². The third kappa shape index (κ3) is 4.45. The van der Waals surface area contributed by atoms with Crippen molar-refractivity contribution in [3.05, 3.63) is 23.8 Å². The predicted octanol–water partition coefficient (Wildman–Crippen LogP) is 2.46. The molecule has 0 aromatic heterocycles. The van der Waals surface area contributed by atoms with Crippen molar-refractivity contribution in [1.29, 1.82) is 0 Å². The van der Waals surface area contributed by atoms with Gasteiger partial charge in [-0.05, 0) is 24.3 Å². The van der Waals surface area contributed by atoms with E-state index in [9.17, 15) is 17.2 Å². The molecule has 0 bridgehead atoms. The van der Waals surface area contributed by atoms with Gasteiger partial charge in [0.2, 0.25) is 0 Å². The Bertz CT molecular complexity index is 495. The van der Waals surface area contributed by atoms with Gasteiger partial charge in [-0.2, -0.15) is 0 Å². The van der Waals surface area contributed by atoms with Crippen molar-refractivity contribution < 1.29 is 17.2 Å². The van der Waals surface area contributed by atoms with Crippen LogP contribution in [0.3, 0.4) is 0 Å². The highest BCUT2D eigenvalue weighted by atomic mass is 32.2. The van der Waals surface area contributed by atoms with Crippen molar-refractivity contribution in [1.82, 2.24) is 0 Å². The molecule has 0 atom stereocenters. The van der Waals surface area contributed by atoms with Crippen molar-refractivity contribution in [3.63, 3.8) is 0 Å². The second kappa shape index (κ2) is 6.38. The molecule has 0 fully saturated rings. The fourth-order valence-electron chi connectivity index (χ4n) is 1.31. The Labute approximate surface area is 110 Å². The maximum Gasteiger partial charge on any atom is 0.150 e. The third-order valence-electron chi connectivity index (χ3n) is 2.31. The van der Waals surface area contributed by atoms with Gasteiger partial charge in [0, 0.05) is 11.4 Å². The summed E-state index contributed by atoms with van der Waals surface area (Å²) in [6.07, 6.45) is 0.365. The highest BCUT2D eigenvalue weighted by molar-refractivity contribution is 7.99. The van der Waals surface area contributed by atoms with E-state index >= 15 is 0 Å². The topological polar surface area (TPSA) is 60.2 Å². The summed E-state index contributed by atoms with van der Waals surface area (Å²) in [5, 5.41) is 0. The molecule has 0 unspecified atom stereocenters. The molecule has 0 saturated carbocycles. The normalized spacial score (nSPS) is 11.7. The zero-order valence-corrected chi connectivity index (χ0v) is 11.6. The van der Waals surface area contributed by atoms with E-state index in [-0.39, 0.29) is 22.1 Å². The van der Waals surface area contributed by atoms with Crippen LogP contribution in [-0.4, -0.2) is 25.7 Å². The van der Waals surface area contributed by atoms with Crippen LogP contribution in [0, 0.1) is 11.6 Å². The fourth-order valence-corrected chi connectivity index (χ4v) is 3.26. The van der Waals surface area contributed by atoms with E-state index in [1.54, 1.807) is 6.92 Å². The summed E-state index contributed by atoms with van der Waals surface area (Å²) in [5.74, 6) is -0.958. The fraction of sp³-hybridized carbons (Fsp3) is 0.455. The van der Waals surface area contributed by atoms with Crippen LogP contribution in [-0.2, 0) is 9.84 Å². The molecule has 0 amide bonds. The molecule has 0 spiro atoms. The highest BCUT2D eigenvalue weighted by Gasteiger charge is 2.12. The van der Waals surface area contributed by atoms with E-state index in [1.165, 1.54) is 0 Å². The minimum Gasteiger partial charge on any atom is -0.399 e. The highest BCUT2D eigenvalue weighted by Crippen LogP contribution is 2.27. The smallest absolute Gasteiger partial charge is 0.150 e. The van der Waals surface area contributed by atoms with E-state index in [4.69, 9.17) is 5.73 Å². The van der Waals surface area contributed by atoms with Crippen LogP contribution in [0.4, 0.5) is 14.5 Å². The van der Waals surface area contributed by atoms with Gasteiger partial charge in [0.25, 0.3) is 0 Å². The Hall–Kier alpha value is -0.820. The molecule has 7 heteroatoms. The standard InChI is InChI=1S/C11H15F2NO2S2/c1-2-18(15,16)5-3-4-17-11-9(12)6-8(14)7-10(11)13/h6-7H,2-5,14H2,1H3. The number of benzene rings is 1. The van der Waals surface area contributed by atoms with E-state index in [2.05, 4.69) is 0 Å². The lowest BCUT2D eigenvalue weighted by Gasteiger charge is -2.06. The van der Waals surface area contributed by atoms with Crippen LogP contribution in [0.2, 0.25) is 0 Å². The van der Waals surface area contributed by atoms with Gasteiger partial charge in [-0.15, -0.1) is 11.8 Å². The van der Waals surface area contributed by atoms with Gasteiger partial charge in [-0.25, -0.2) is 17.2 Å². The van der Waals surface area contributed by atoms with Gasteiger partial charge in [-0.3, -0.25) is 0 Å². The molecular weight excluding hydrogens is 280 g/mol. The lowest BCUT2D eigenvalue weighted by molar-refractivity contribution is 0.542. The van der Waals surface area contributed by atoms with Gasteiger partial charge in [-0.1, -0.05) is 6.92 Å². The number of rotatable bonds is 6. The van der Waals surface area contributed by atoms with Crippen LogP contribution >= 0.6 is 11.8 Å². The summed E-state index contributed by atoms with van der Waals surface area (Å²) >= 11 is 0.964. The Morgan fingerprint density at radius 2 is 1.83 bits per heavy atom. The number of nitrogens with two attached hydrogens (primary N) is 1. The van der Waals surface area contributed by atoms with Crippen LogP contribution < -0.4 is 5.73 Å². The zero-order valence-electron chi connectivity index (χ0n) is 9.95. The van der Waals surface area contributed by atoms with Crippen LogP contribution in [0.5, 0.6) is 0 Å². The third-order valence-corrected chi connectivity index (χ3v) is 5.27. The molecule has 0 aliphatic heterocycles. The van der Waals surface area contributed by atoms with E-state index < -0.39 is 21.5 Å². The van der Waals surface area contributed by atoms with Crippen LogP contribution in [0.15, 0.2) is 17.0 Å². The lowest BCUT2D eigenvalue weighted by Crippen LogP contribution is -2.09. The average molecular weight is 295 g/mol. The molecule has 0 aliphatic rings. The van der Waals surface area contributed by atoms with Crippen LogP contribution in [0.1, 0.15) is 13.3 Å². The molecular formula is C11H15F2NO2S2. The SMILES string of the molecule is CCS(=O)(=O)CCCSc1c(F)cc(N)cc1F. The molecule has 1 aromatic carbocycles. The number of hydrogen-bond donors (Lipinski definition) is 1. The first-order valence-electron chi connectivity index (χ1n) is 5.43. The number of halogens is 2. The molecule has 102 valence electrons. The Kier molecular flexibility index (Phi) is 5.40. The number of hydrogen-bond acceptors (Lipinski definition) is 4. The number of anilines is 1. The summed E-state index contributed by atoms with van der Waals surface area (Å²) in [4.78, 5) is -0.113. The van der Waals surface area contributed by atoms with Crippen LogP contribution in [0.25, 0.3) is 0 Å². The predicted molar refractivity (Wildman–Crippen MR) is 70.4 cm³/mol. The van der Waals surface area contributed by atoms with Crippen molar-refractivity contribution in [2.45, 2.75) is 18.2 Å². The van der Waals surface area contributed by atoms with Gasteiger partial charge < -0.3 is 5.73 Å². The first kappa shape index (κ1) is 15.2.